The third-order valence-corrected chi connectivity index (χ3v) is 8.62. The van der Waals surface area contributed by atoms with Gasteiger partial charge in [0.25, 0.3) is 0 Å². The van der Waals surface area contributed by atoms with E-state index < -0.39 is 0 Å². The zero-order valence-corrected chi connectivity index (χ0v) is 26.5. The fourth-order valence-electron chi connectivity index (χ4n) is 6.32. The molecule has 0 unspecified atom stereocenters. The van der Waals surface area contributed by atoms with Crippen molar-refractivity contribution in [3.05, 3.63) is 153 Å². The second-order valence-electron chi connectivity index (χ2n) is 11.6. The monoisotopic (exact) mass is 643 g/mol. The molecular weight excluding hydrogens is 619 g/mol. The molecule has 7 aromatic heterocycles. The van der Waals surface area contributed by atoms with Gasteiger partial charge in [-0.2, -0.15) is 0 Å². The molecule has 0 radical (unpaired) electrons. The third kappa shape index (κ3) is 5.29. The van der Waals surface area contributed by atoms with Gasteiger partial charge in [0, 0.05) is 101 Å². The van der Waals surface area contributed by atoms with Crippen LogP contribution in [0.1, 0.15) is 0 Å². The Hall–Kier alpha value is -7.13. The van der Waals surface area contributed by atoms with Gasteiger partial charge in [-0.1, -0.05) is 24.3 Å². The Morgan fingerprint density at radius 2 is 0.660 bits per heavy atom. The molecule has 0 N–H and O–H groups in total. The van der Waals surface area contributed by atoms with Gasteiger partial charge in [-0.15, -0.1) is 0 Å². The first-order chi connectivity index (χ1) is 24.8. The molecule has 9 heteroatoms. The Kier molecular flexibility index (Phi) is 7.25. The highest BCUT2D eigenvalue weighted by atomic mass is 14.9. The van der Waals surface area contributed by atoms with Gasteiger partial charge in [0.1, 0.15) is 0 Å². The second-order valence-corrected chi connectivity index (χ2v) is 11.6. The first kappa shape index (κ1) is 29.0. The summed E-state index contributed by atoms with van der Waals surface area (Å²) in [5.41, 5.74) is 8.70. The predicted octanol–water partition coefficient (Wildman–Crippen LogP) is 8.55. The highest BCUT2D eigenvalue weighted by molar-refractivity contribution is 6.20. The number of rotatable bonds is 6. The molecule has 9 rings (SSSR count). The Labute approximate surface area is 286 Å². The molecule has 234 valence electrons. The van der Waals surface area contributed by atoms with Crippen molar-refractivity contribution in [1.29, 1.82) is 0 Å². The lowest BCUT2D eigenvalue weighted by Crippen LogP contribution is -2.00. The van der Waals surface area contributed by atoms with Gasteiger partial charge in [0.2, 0.25) is 0 Å². The van der Waals surface area contributed by atoms with E-state index in [1.54, 1.807) is 49.6 Å². The van der Waals surface area contributed by atoms with Crippen LogP contribution in [0, 0.1) is 0 Å². The summed E-state index contributed by atoms with van der Waals surface area (Å²) in [4.78, 5) is 41.9. The molecule has 0 aliphatic rings. The van der Waals surface area contributed by atoms with Gasteiger partial charge in [-0.3, -0.25) is 24.9 Å². The molecule has 0 aliphatic carbocycles. The fourth-order valence-corrected chi connectivity index (χ4v) is 6.32. The van der Waals surface area contributed by atoms with E-state index in [0.717, 1.165) is 77.7 Å². The largest absolute Gasteiger partial charge is 0.265 e. The molecule has 0 amide bonds. The zero-order valence-electron chi connectivity index (χ0n) is 26.5. The van der Waals surface area contributed by atoms with Gasteiger partial charge >= 0.3 is 0 Å². The van der Waals surface area contributed by atoms with E-state index in [0.29, 0.717) is 11.6 Å². The number of fused-ring (bicyclic) bond motifs is 2. The first-order valence-electron chi connectivity index (χ1n) is 16.0. The van der Waals surface area contributed by atoms with Gasteiger partial charge in [-0.05, 0) is 82.9 Å². The van der Waals surface area contributed by atoms with Crippen LogP contribution in [0.4, 0.5) is 0 Å². The van der Waals surface area contributed by atoms with E-state index >= 15 is 0 Å². The molecule has 0 saturated carbocycles. The molecule has 0 fully saturated rings. The van der Waals surface area contributed by atoms with Crippen LogP contribution < -0.4 is 0 Å². The minimum Gasteiger partial charge on any atom is -0.265 e. The fraction of sp³-hybridized carbons (Fsp3) is 0. The number of nitrogens with zero attached hydrogens (tertiary/aromatic N) is 9. The Balaban J connectivity index is 1.35. The van der Waals surface area contributed by atoms with E-state index in [1.807, 2.05) is 67.0 Å². The topological polar surface area (TPSA) is 116 Å². The van der Waals surface area contributed by atoms with Crippen molar-refractivity contribution in [2.24, 2.45) is 0 Å². The van der Waals surface area contributed by atoms with E-state index in [-0.39, 0.29) is 0 Å². The average Bonchev–Trinajstić information content (AvgIpc) is 3.21. The number of hydrogen-bond donors (Lipinski definition) is 0. The minimum atomic E-state index is 0.599. The van der Waals surface area contributed by atoms with Crippen LogP contribution in [0.15, 0.2) is 153 Å². The summed E-state index contributed by atoms with van der Waals surface area (Å²) in [6.45, 7) is 0. The summed E-state index contributed by atoms with van der Waals surface area (Å²) in [6, 6.07) is 30.1. The van der Waals surface area contributed by atoms with Crippen molar-refractivity contribution in [2.75, 3.05) is 0 Å². The molecule has 2 aromatic carbocycles. The number of aromatic nitrogens is 9. The Morgan fingerprint density at radius 3 is 1.12 bits per heavy atom. The van der Waals surface area contributed by atoms with Gasteiger partial charge in [-0.25, -0.2) is 19.9 Å². The third-order valence-electron chi connectivity index (χ3n) is 8.62. The lowest BCUT2D eigenvalue weighted by atomic mass is 9.89. The molecule has 0 spiro atoms. The molecule has 0 bridgehead atoms. The summed E-state index contributed by atoms with van der Waals surface area (Å²) in [5.74, 6) is 1.20. The summed E-state index contributed by atoms with van der Waals surface area (Å²) in [6.07, 6.45) is 17.8. The quantitative estimate of drug-likeness (QED) is 0.164. The van der Waals surface area contributed by atoms with Crippen LogP contribution in [0.5, 0.6) is 0 Å². The molecule has 9 nitrogen and oxygen atoms in total. The van der Waals surface area contributed by atoms with E-state index in [2.05, 4.69) is 61.3 Å². The van der Waals surface area contributed by atoms with Crippen LogP contribution in [0.25, 0.3) is 89.4 Å². The normalized spacial score (nSPS) is 11.2. The van der Waals surface area contributed by atoms with E-state index in [4.69, 9.17) is 19.9 Å². The molecular formula is C41H25N9. The number of pyridine rings is 5. The maximum atomic E-state index is 5.20. The smallest absolute Gasteiger partial charge is 0.160 e. The summed E-state index contributed by atoms with van der Waals surface area (Å²) < 4.78 is 0. The maximum Gasteiger partial charge on any atom is 0.160 e. The molecule has 9 aromatic rings. The molecule has 7 heterocycles. The SMILES string of the molecule is c1ccc2c(-c3cc(-c4ccncc4)nc(-c4ccncc4)n3)c3cnccc3c(-c3cc(-c4ccncc4)nc(-c4ccncc4)n3)c2c1. The van der Waals surface area contributed by atoms with Crippen molar-refractivity contribution in [1.82, 2.24) is 44.9 Å². The minimum absolute atomic E-state index is 0.599. The highest BCUT2D eigenvalue weighted by Crippen LogP contribution is 2.44. The molecule has 0 saturated heterocycles. The van der Waals surface area contributed by atoms with Crippen LogP contribution in [0.2, 0.25) is 0 Å². The lowest BCUT2D eigenvalue weighted by molar-refractivity contribution is 1.17. The number of benzene rings is 2. The lowest BCUT2D eigenvalue weighted by Gasteiger charge is -2.18. The van der Waals surface area contributed by atoms with Gasteiger partial charge in [0.05, 0.1) is 22.8 Å². The average molecular weight is 644 g/mol. The Bertz CT molecular complexity index is 2280. The van der Waals surface area contributed by atoms with Crippen molar-refractivity contribution in [3.63, 3.8) is 0 Å². The second kappa shape index (κ2) is 12.5. The zero-order chi connectivity index (χ0) is 33.3. The van der Waals surface area contributed by atoms with Gasteiger partial charge in [0.15, 0.2) is 11.6 Å². The standard InChI is InChI=1S/C41H25N9/c1-2-4-31-30(3-1)38(36-23-34(26-5-14-42-15-6-26)47-40(49-36)28-9-18-44-19-10-28)32-13-22-46-25-33(32)39(31)37-24-35(27-7-16-43-17-8-27)48-41(50-37)29-11-20-45-21-12-29/h1-25H. The first-order valence-corrected chi connectivity index (χ1v) is 16.0. The predicted molar refractivity (Wildman–Crippen MR) is 194 cm³/mol. The van der Waals surface area contributed by atoms with Crippen molar-refractivity contribution in [3.8, 4) is 67.8 Å². The van der Waals surface area contributed by atoms with Crippen LogP contribution in [0.3, 0.4) is 0 Å². The summed E-state index contributed by atoms with van der Waals surface area (Å²) in [5, 5.41) is 3.97. The van der Waals surface area contributed by atoms with Crippen LogP contribution in [-0.4, -0.2) is 44.9 Å². The van der Waals surface area contributed by atoms with E-state index in [1.165, 1.54) is 0 Å². The summed E-state index contributed by atoms with van der Waals surface area (Å²) >= 11 is 0. The van der Waals surface area contributed by atoms with E-state index in [9.17, 15) is 0 Å². The number of hydrogen-bond acceptors (Lipinski definition) is 9. The highest BCUT2D eigenvalue weighted by Gasteiger charge is 2.21. The Morgan fingerprint density at radius 1 is 0.300 bits per heavy atom. The maximum absolute atomic E-state index is 5.20. The van der Waals surface area contributed by atoms with Crippen molar-refractivity contribution < 1.29 is 0 Å². The van der Waals surface area contributed by atoms with Crippen molar-refractivity contribution >= 4 is 21.5 Å². The summed E-state index contributed by atoms with van der Waals surface area (Å²) in [7, 11) is 0. The van der Waals surface area contributed by atoms with Crippen molar-refractivity contribution in [2.45, 2.75) is 0 Å². The van der Waals surface area contributed by atoms with Gasteiger partial charge < -0.3 is 0 Å². The molecule has 0 aliphatic heterocycles. The van der Waals surface area contributed by atoms with Crippen LogP contribution >= 0.6 is 0 Å². The molecule has 0 atom stereocenters. The molecule has 50 heavy (non-hydrogen) atoms. The van der Waals surface area contributed by atoms with Crippen LogP contribution in [-0.2, 0) is 0 Å².